The van der Waals surface area contributed by atoms with Crippen LogP contribution in [0.5, 0.6) is 0 Å². The molecule has 8 bridgehead atoms. The van der Waals surface area contributed by atoms with Gasteiger partial charge in [0.05, 0.1) is 44.8 Å². The summed E-state index contributed by atoms with van der Waals surface area (Å²) < 4.78 is 0. The van der Waals surface area contributed by atoms with Gasteiger partial charge >= 0.3 is 0 Å². The summed E-state index contributed by atoms with van der Waals surface area (Å²) in [5.74, 6) is 0. The van der Waals surface area contributed by atoms with E-state index >= 15 is 0 Å². The number of nitrogens with zero attached hydrogens (tertiary/aromatic N) is 2. The lowest BCUT2D eigenvalue weighted by atomic mass is 9.95. The molecule has 0 radical (unpaired) electrons. The third kappa shape index (κ3) is 4.99. The number of nitrogens with one attached hydrogen (secondary N) is 2. The van der Waals surface area contributed by atoms with E-state index in [2.05, 4.69) is 177 Å². The van der Waals surface area contributed by atoms with Crippen LogP contribution in [-0.2, 0) is 0 Å². The number of thiophene rings is 4. The summed E-state index contributed by atoms with van der Waals surface area (Å²) in [6.45, 7) is 0. The number of H-pyrrole nitrogens is 2. The lowest BCUT2D eigenvalue weighted by molar-refractivity contribution is 1.38. The van der Waals surface area contributed by atoms with Crippen molar-refractivity contribution in [3.05, 3.63) is 167 Å². The van der Waals surface area contributed by atoms with Gasteiger partial charge in [0, 0.05) is 85.6 Å². The fourth-order valence-corrected chi connectivity index (χ4v) is 12.4. The van der Waals surface area contributed by atoms with E-state index in [-0.39, 0.29) is 0 Å². The predicted molar refractivity (Wildman–Crippen MR) is 258 cm³/mol. The highest BCUT2D eigenvalue weighted by Gasteiger charge is 2.31. The molecule has 0 unspecified atom stereocenters. The molecule has 0 amide bonds. The van der Waals surface area contributed by atoms with E-state index in [1.54, 1.807) is 45.3 Å². The summed E-state index contributed by atoms with van der Waals surface area (Å²) in [4.78, 5) is 24.6. The average Bonchev–Trinajstić information content (AvgIpc) is 4.15. The van der Waals surface area contributed by atoms with Crippen molar-refractivity contribution in [3.63, 3.8) is 0 Å². The molecule has 8 heterocycles. The molecule has 282 valence electrons. The number of rotatable bonds is 4. The maximum Gasteiger partial charge on any atom is 0.0825 e. The molecule has 2 N–H and O–H groups in total. The minimum Gasteiger partial charge on any atom is -0.353 e. The first-order chi connectivity index (χ1) is 29.8. The molecule has 2 aliphatic heterocycles. The van der Waals surface area contributed by atoms with E-state index in [0.717, 1.165) is 126 Å². The van der Waals surface area contributed by atoms with Crippen molar-refractivity contribution in [1.29, 1.82) is 0 Å². The molecule has 8 heteroatoms. The van der Waals surface area contributed by atoms with Gasteiger partial charge in [-0.3, -0.25) is 0 Å². The first-order valence-electron chi connectivity index (χ1n) is 19.8. The van der Waals surface area contributed by atoms with Crippen LogP contribution in [0, 0.1) is 0 Å². The van der Waals surface area contributed by atoms with Crippen LogP contribution in [0.25, 0.3) is 130 Å². The summed E-state index contributed by atoms with van der Waals surface area (Å²) in [7, 11) is 0. The van der Waals surface area contributed by atoms with Crippen molar-refractivity contribution in [3.8, 4) is 86.8 Å². The molecule has 13 rings (SSSR count). The highest BCUT2D eigenvalue weighted by molar-refractivity contribution is 7.14. The van der Waals surface area contributed by atoms with E-state index in [0.29, 0.717) is 0 Å². The zero-order valence-corrected chi connectivity index (χ0v) is 35.0. The molecule has 6 aromatic heterocycles. The van der Waals surface area contributed by atoms with E-state index in [9.17, 15) is 0 Å². The van der Waals surface area contributed by atoms with Crippen LogP contribution in [0.2, 0.25) is 0 Å². The van der Waals surface area contributed by atoms with Gasteiger partial charge in [0.1, 0.15) is 0 Å². The fourth-order valence-electron chi connectivity index (χ4n) is 9.28. The minimum absolute atomic E-state index is 0.936. The minimum atomic E-state index is 0.936. The van der Waals surface area contributed by atoms with Crippen molar-refractivity contribution in [2.45, 2.75) is 0 Å². The monoisotopic (exact) mass is 838 g/mol. The largest absolute Gasteiger partial charge is 0.353 e. The molecule has 0 saturated heterocycles. The van der Waals surface area contributed by atoms with Crippen LogP contribution < -0.4 is 0 Å². The lowest BCUT2D eigenvalue weighted by Gasteiger charge is -2.07. The van der Waals surface area contributed by atoms with Crippen LogP contribution in [0.15, 0.2) is 167 Å². The Morgan fingerprint density at radius 1 is 0.283 bits per heavy atom. The summed E-state index contributed by atoms with van der Waals surface area (Å²) in [5.41, 5.74) is 16.8. The topological polar surface area (TPSA) is 57.4 Å². The summed E-state index contributed by atoms with van der Waals surface area (Å²) >= 11 is 7.00. The van der Waals surface area contributed by atoms with E-state index < -0.39 is 0 Å². The molecule has 0 fully saturated rings. The number of hydrogen-bond acceptors (Lipinski definition) is 6. The first kappa shape index (κ1) is 34.2. The third-order valence-corrected chi connectivity index (χ3v) is 15.3. The predicted octanol–water partition coefficient (Wildman–Crippen LogP) is 16.2. The molecule has 0 atom stereocenters. The smallest absolute Gasteiger partial charge is 0.0825 e. The van der Waals surface area contributed by atoms with Gasteiger partial charge in [0.25, 0.3) is 0 Å². The molecule has 4 nitrogen and oxygen atoms in total. The Labute approximate surface area is 360 Å². The van der Waals surface area contributed by atoms with Gasteiger partial charge in [-0.15, -0.1) is 45.3 Å². The third-order valence-electron chi connectivity index (χ3n) is 11.8. The van der Waals surface area contributed by atoms with Crippen molar-refractivity contribution < 1.29 is 0 Å². The SMILES string of the molecule is c1csc(-c2c3nc(c(-c4cccs4)c4[nH]c(c(-c5cccs5)c5[nH]c(c(-c6cccs6)c6nc2-c2ccccc2-6)c2ccccc52)c2ccccc42)-c2ccccc2-3)c1. The van der Waals surface area contributed by atoms with Crippen molar-refractivity contribution in [1.82, 2.24) is 19.9 Å². The molecule has 4 aromatic carbocycles. The second-order valence-electron chi connectivity index (χ2n) is 15.0. The maximum absolute atomic E-state index is 5.83. The summed E-state index contributed by atoms with van der Waals surface area (Å²) in [6.07, 6.45) is 0. The highest BCUT2D eigenvalue weighted by Crippen LogP contribution is 2.53. The van der Waals surface area contributed by atoms with Gasteiger partial charge in [-0.2, -0.15) is 0 Å². The number of aromatic amines is 2. The molecule has 1 aliphatic carbocycles. The Morgan fingerprint density at radius 3 is 0.900 bits per heavy atom. The van der Waals surface area contributed by atoms with Gasteiger partial charge in [-0.1, -0.05) is 121 Å². The maximum atomic E-state index is 5.83. The molecule has 10 aromatic rings. The Hall–Kier alpha value is -6.68. The quantitative estimate of drug-likeness (QED) is 0.185. The van der Waals surface area contributed by atoms with Crippen LogP contribution >= 0.6 is 45.3 Å². The normalized spacial score (nSPS) is 12.0. The standard InChI is InChI=1S/C52H30N4S4/c1-2-14-30-29(13-1)45-41(37-21-9-25-57-37)47-31-15-3-4-16-32(31)49(54-47)43(39-23-11-27-59-39)51-35-19-7-8-20-36(35)52(56-51)44(40-24-12-28-60-40)50-34-18-6-5-17-33(34)48(55-50)42(46(30)53-45)38-22-10-26-58-38/h1-28,53-54H. The van der Waals surface area contributed by atoms with Crippen molar-refractivity contribution in [2.24, 2.45) is 0 Å². The van der Waals surface area contributed by atoms with Crippen molar-refractivity contribution in [2.75, 3.05) is 0 Å². The molecular formula is C52H30N4S4. The second-order valence-corrected chi connectivity index (χ2v) is 18.8. The zero-order chi connectivity index (χ0) is 39.3. The second kappa shape index (κ2) is 13.4. The van der Waals surface area contributed by atoms with E-state index in [4.69, 9.17) is 9.97 Å². The van der Waals surface area contributed by atoms with Gasteiger partial charge in [-0.05, 0) is 45.8 Å². The van der Waals surface area contributed by atoms with Crippen LogP contribution in [0.3, 0.4) is 0 Å². The van der Waals surface area contributed by atoms with Crippen LogP contribution in [-0.4, -0.2) is 19.9 Å². The van der Waals surface area contributed by atoms with Crippen LogP contribution in [0.1, 0.15) is 0 Å². The number of hydrogen-bond donors (Lipinski definition) is 2. The van der Waals surface area contributed by atoms with Gasteiger partial charge in [0.15, 0.2) is 0 Å². The Morgan fingerprint density at radius 2 is 0.567 bits per heavy atom. The average molecular weight is 839 g/mol. The molecule has 0 saturated carbocycles. The van der Waals surface area contributed by atoms with Crippen LogP contribution in [0.4, 0.5) is 0 Å². The molecule has 0 spiro atoms. The molecular weight excluding hydrogens is 809 g/mol. The molecule has 3 aliphatic rings. The summed E-state index contributed by atoms with van der Waals surface area (Å²) in [5, 5.41) is 13.3. The van der Waals surface area contributed by atoms with E-state index in [1.165, 1.54) is 4.88 Å². The van der Waals surface area contributed by atoms with Gasteiger partial charge < -0.3 is 9.97 Å². The number of aromatic nitrogens is 4. The highest BCUT2D eigenvalue weighted by atomic mass is 32.1. The Bertz CT molecular complexity index is 3440. The first-order valence-corrected chi connectivity index (χ1v) is 23.3. The van der Waals surface area contributed by atoms with Gasteiger partial charge in [0.2, 0.25) is 0 Å². The van der Waals surface area contributed by atoms with Crippen molar-refractivity contribution >= 4 is 89.0 Å². The zero-order valence-electron chi connectivity index (χ0n) is 31.7. The fraction of sp³-hybridized carbons (Fsp3) is 0. The molecule has 60 heavy (non-hydrogen) atoms. The number of benzene rings is 4. The van der Waals surface area contributed by atoms with Gasteiger partial charge in [-0.25, -0.2) is 9.97 Å². The van der Waals surface area contributed by atoms with E-state index in [1.807, 2.05) is 0 Å². The summed E-state index contributed by atoms with van der Waals surface area (Å²) in [6, 6.07) is 52.7. The lowest BCUT2D eigenvalue weighted by Crippen LogP contribution is -1.86. The Balaban J connectivity index is 1.39. The Kier molecular flexibility index (Phi) is 7.65.